The molecule has 0 bridgehead atoms. The molecule has 4 aromatic rings. The van der Waals surface area contributed by atoms with Gasteiger partial charge in [-0.1, -0.05) is 43.3 Å². The molecule has 0 spiro atoms. The Morgan fingerprint density at radius 2 is 1.84 bits per heavy atom. The number of hydrogen-bond acceptors (Lipinski definition) is 8. The minimum atomic E-state index is -4.48. The van der Waals surface area contributed by atoms with Gasteiger partial charge in [0.15, 0.2) is 12.3 Å². The maximum Gasteiger partial charge on any atom is 0.374 e. The van der Waals surface area contributed by atoms with Crippen LogP contribution in [0.2, 0.25) is 0 Å². The van der Waals surface area contributed by atoms with Crippen LogP contribution in [0.15, 0.2) is 82.6 Å². The number of aromatic nitrogens is 1. The van der Waals surface area contributed by atoms with E-state index >= 15 is 0 Å². The van der Waals surface area contributed by atoms with Gasteiger partial charge in [-0.15, -0.1) is 0 Å². The van der Waals surface area contributed by atoms with Crippen LogP contribution >= 0.6 is 0 Å². The summed E-state index contributed by atoms with van der Waals surface area (Å²) in [7, 11) is -4.48. The van der Waals surface area contributed by atoms with E-state index < -0.39 is 27.2 Å². The van der Waals surface area contributed by atoms with Crippen molar-refractivity contribution in [3.63, 3.8) is 0 Å². The summed E-state index contributed by atoms with van der Waals surface area (Å²) in [6.07, 6.45) is 4.79. The van der Waals surface area contributed by atoms with Crippen molar-refractivity contribution in [3.8, 4) is 16.9 Å². The zero-order valence-corrected chi connectivity index (χ0v) is 26.3. The summed E-state index contributed by atoms with van der Waals surface area (Å²) in [6.45, 7) is 6.51. The van der Waals surface area contributed by atoms with Crippen LogP contribution in [0.5, 0.6) is 5.75 Å². The molecule has 0 radical (unpaired) electrons. The monoisotopic (exact) mass is 638 g/mol. The van der Waals surface area contributed by atoms with Gasteiger partial charge in [-0.2, -0.15) is 8.78 Å². The molecule has 0 aliphatic carbocycles. The second kappa shape index (κ2) is 13.4. The number of aryl methyl sites for hydroxylation is 3. The van der Waals surface area contributed by atoms with Crippen molar-refractivity contribution >= 4 is 44.3 Å². The number of benzene rings is 3. The Hall–Kier alpha value is -3.81. The highest BCUT2D eigenvalue weighted by molar-refractivity contribution is 7.85. The lowest BCUT2D eigenvalue weighted by molar-refractivity contribution is -0.678. The summed E-state index contributed by atoms with van der Waals surface area (Å²) in [5.41, 5.74) is 7.20. The topological polar surface area (TPSA) is 133 Å². The molecule has 3 aromatic carbocycles. The van der Waals surface area contributed by atoms with Gasteiger partial charge in [0, 0.05) is 25.1 Å². The lowest BCUT2D eigenvalue weighted by atomic mass is 10.0. The summed E-state index contributed by atoms with van der Waals surface area (Å²) in [4.78, 5) is 1.71. The third kappa shape index (κ3) is 7.45. The molecule has 0 saturated carbocycles. The second-order valence-electron chi connectivity index (χ2n) is 10.5. The summed E-state index contributed by atoms with van der Waals surface area (Å²) in [5, 5.41) is 0. The molecule has 1 aliphatic rings. The van der Waals surface area contributed by atoms with Crippen LogP contribution in [0.1, 0.15) is 36.8 Å². The van der Waals surface area contributed by atoms with E-state index in [9.17, 15) is 17.2 Å². The number of ether oxygens (including phenoxy) is 1. The fourth-order valence-corrected chi connectivity index (χ4v) is 5.73. The van der Waals surface area contributed by atoms with Gasteiger partial charge in [0.2, 0.25) is 11.5 Å². The molecule has 0 amide bonds. The number of rotatable bonds is 12. The number of oxazole rings is 1. The van der Waals surface area contributed by atoms with Gasteiger partial charge in [-0.05, 0) is 66.3 Å². The van der Waals surface area contributed by atoms with Gasteiger partial charge < -0.3 is 18.6 Å². The normalized spacial score (nSPS) is 15.2. The van der Waals surface area contributed by atoms with Crippen molar-refractivity contribution in [1.29, 1.82) is 0 Å². The number of nitrogens with zero attached hydrogens (tertiary/aromatic N) is 2. The third-order valence-electron chi connectivity index (χ3n) is 7.49. The Bertz CT molecular complexity index is 1860. The molecule has 10 nitrogen and oxygen atoms in total. The van der Waals surface area contributed by atoms with E-state index in [1.54, 1.807) is 4.90 Å². The van der Waals surface area contributed by atoms with Crippen molar-refractivity contribution in [3.05, 3.63) is 95.2 Å². The van der Waals surface area contributed by atoms with Crippen molar-refractivity contribution in [2.24, 2.45) is 0 Å². The number of fused-ring (bicyclic) bond motifs is 2. The molecule has 2 heterocycles. The van der Waals surface area contributed by atoms with Crippen LogP contribution in [0.3, 0.4) is 0 Å². The van der Waals surface area contributed by atoms with Crippen molar-refractivity contribution in [1.82, 2.24) is 0 Å². The Kier molecular flexibility index (Phi) is 9.66. The smallest absolute Gasteiger partial charge is 0.374 e. The molecule has 12 heteroatoms. The van der Waals surface area contributed by atoms with E-state index in [2.05, 4.69) is 0 Å². The molecule has 1 aromatic heterocycles. The molecular formula is C32H34N2O8S2. The van der Waals surface area contributed by atoms with E-state index in [1.165, 1.54) is 0 Å². The van der Waals surface area contributed by atoms with Gasteiger partial charge in [0.25, 0.3) is 5.52 Å². The summed E-state index contributed by atoms with van der Waals surface area (Å²) in [6, 6.07) is 19.5. The van der Waals surface area contributed by atoms with E-state index in [0.29, 0.717) is 48.2 Å². The lowest BCUT2D eigenvalue weighted by Gasteiger charge is -2.20. The third-order valence-corrected chi connectivity index (χ3v) is 8.54. The van der Waals surface area contributed by atoms with Crippen LogP contribution in [0.25, 0.3) is 28.3 Å². The Labute approximate surface area is 259 Å². The first-order chi connectivity index (χ1) is 21.0. The van der Waals surface area contributed by atoms with E-state index in [0.717, 1.165) is 33.3 Å². The summed E-state index contributed by atoms with van der Waals surface area (Å²) >= 11 is -2.34. The molecule has 1 atom stereocenters. The summed E-state index contributed by atoms with van der Waals surface area (Å²) in [5.74, 6) is 0.937. The molecule has 5 rings (SSSR count). The predicted octanol–water partition coefficient (Wildman–Crippen LogP) is 5.63. The number of allylic oxidation sites excluding steroid dienone is 2. The van der Waals surface area contributed by atoms with Gasteiger partial charge >= 0.3 is 17.3 Å². The van der Waals surface area contributed by atoms with E-state index in [-0.39, 0.29) is 13.2 Å². The zero-order chi connectivity index (χ0) is 31.4. The fraction of sp³-hybridized carbons (Fsp3) is 0.281. The van der Waals surface area contributed by atoms with Crippen LogP contribution in [-0.4, -0.2) is 40.6 Å². The Morgan fingerprint density at radius 1 is 1.09 bits per heavy atom. The molecule has 1 N–H and O–H groups in total. The maximum absolute atomic E-state index is 11.6. The number of hydrogen-bond donors (Lipinski definition) is 1. The van der Waals surface area contributed by atoms with Crippen molar-refractivity contribution in [2.75, 3.05) is 23.8 Å². The maximum atomic E-state index is 11.6. The van der Waals surface area contributed by atoms with Gasteiger partial charge in [0.1, 0.15) is 0 Å². The quantitative estimate of drug-likeness (QED) is 0.0908. The molecule has 0 saturated heterocycles. The molecular weight excluding hydrogens is 604 g/mol. The first-order valence-corrected chi connectivity index (χ1v) is 16.8. The summed E-state index contributed by atoms with van der Waals surface area (Å²) < 4.78 is 74.1. The van der Waals surface area contributed by atoms with Gasteiger partial charge in [0.05, 0.1) is 34.2 Å². The molecule has 1 unspecified atom stereocenters. The van der Waals surface area contributed by atoms with Crippen LogP contribution in [0, 0.1) is 13.8 Å². The SMILES string of the molecule is CCC(=Cc1oc2cc(C)c(C)cc2[n+]1CCCOS(=O)O)C=C1Oc2ccc(-c3ccccc3)cc2N1CCS(=O)(=O)[O-]. The first kappa shape index (κ1) is 31.6. The highest BCUT2D eigenvalue weighted by Crippen LogP contribution is 2.42. The Morgan fingerprint density at radius 3 is 2.55 bits per heavy atom. The average molecular weight is 639 g/mol. The van der Waals surface area contributed by atoms with Crippen LogP contribution in [-0.2, 0) is 32.2 Å². The van der Waals surface area contributed by atoms with Gasteiger partial charge in [-0.25, -0.2) is 8.42 Å². The first-order valence-electron chi connectivity index (χ1n) is 14.2. The highest BCUT2D eigenvalue weighted by Gasteiger charge is 2.28. The fourth-order valence-electron chi connectivity index (χ4n) is 5.06. The minimum absolute atomic E-state index is 0.0741. The standard InChI is InChI=1S/C32H34N2O8S2/c1-4-24(19-31-33(13-8-15-40-43(35)36)27-17-22(2)23(3)18-30(27)42-31)20-32-34(14-16-44(37,38)39)28-21-26(11-12-29(28)41-32)25-9-6-5-7-10-25/h5-7,9-12,17-21H,4,8,13-16H2,1-3H3,(H-,35,36,37,38,39). The predicted molar refractivity (Wildman–Crippen MR) is 168 cm³/mol. The minimum Gasteiger partial charge on any atom is -0.748 e. The van der Waals surface area contributed by atoms with Crippen LogP contribution < -0.4 is 14.2 Å². The number of anilines is 1. The van der Waals surface area contributed by atoms with Crippen molar-refractivity contribution in [2.45, 2.75) is 40.2 Å². The largest absolute Gasteiger partial charge is 0.748 e. The van der Waals surface area contributed by atoms with E-state index in [1.807, 2.05) is 98.2 Å². The molecule has 44 heavy (non-hydrogen) atoms. The second-order valence-corrected chi connectivity index (χ2v) is 12.7. The molecule has 232 valence electrons. The Balaban J connectivity index is 1.53. The average Bonchev–Trinajstić information content (AvgIpc) is 3.49. The zero-order valence-electron chi connectivity index (χ0n) is 24.7. The van der Waals surface area contributed by atoms with E-state index in [4.69, 9.17) is 17.9 Å². The van der Waals surface area contributed by atoms with Crippen molar-refractivity contribution < 1.29 is 39.6 Å². The molecule has 0 fully saturated rings. The van der Waals surface area contributed by atoms with Gasteiger partial charge in [-0.3, -0.25) is 8.74 Å². The highest BCUT2D eigenvalue weighted by atomic mass is 32.2. The molecule has 1 aliphatic heterocycles. The van der Waals surface area contributed by atoms with Crippen LogP contribution in [0.4, 0.5) is 5.69 Å². The lowest BCUT2D eigenvalue weighted by Crippen LogP contribution is -2.36.